The number of hydrogen-bond donors (Lipinski definition) is 0. The van der Waals surface area contributed by atoms with Crippen LogP contribution in [0.4, 0.5) is 0 Å². The van der Waals surface area contributed by atoms with Crippen LogP contribution in [0.1, 0.15) is 35.1 Å². The van der Waals surface area contributed by atoms with E-state index in [1.165, 1.54) is 35.1 Å². The SMILES string of the molecule is Clc1ccc2c(c1)C1(C=CC([AsH2])CC1)c1ccccc1CC2. The summed E-state index contributed by atoms with van der Waals surface area (Å²) in [7, 11) is 0. The van der Waals surface area contributed by atoms with E-state index in [-0.39, 0.29) is 5.41 Å². The first-order valence-electron chi connectivity index (χ1n) is 8.01. The fourth-order valence-electron chi connectivity index (χ4n) is 4.08. The van der Waals surface area contributed by atoms with Crippen molar-refractivity contribution in [3.05, 3.63) is 81.9 Å². The Labute approximate surface area is 146 Å². The summed E-state index contributed by atoms with van der Waals surface area (Å²) in [6.45, 7) is 0. The summed E-state index contributed by atoms with van der Waals surface area (Å²) in [5.41, 5.74) is 5.91. The van der Waals surface area contributed by atoms with Crippen LogP contribution in [0, 0.1) is 0 Å². The van der Waals surface area contributed by atoms with E-state index in [0.717, 1.165) is 22.6 Å². The average Bonchev–Trinajstić information content (AvgIpc) is 2.67. The monoisotopic (exact) mass is 370 g/mol. The van der Waals surface area contributed by atoms with Gasteiger partial charge in [-0.2, -0.15) is 0 Å². The molecule has 3 atom stereocenters. The molecule has 112 valence electrons. The number of rotatable bonds is 0. The zero-order valence-corrected chi connectivity index (χ0v) is 15.7. The molecule has 4 rings (SSSR count). The van der Waals surface area contributed by atoms with Crippen molar-refractivity contribution in [3.8, 4) is 0 Å². The number of hydrogen-bond acceptors (Lipinski definition) is 0. The first-order valence-corrected chi connectivity index (χ1v) is 9.79. The number of halogens is 1. The quantitative estimate of drug-likeness (QED) is 0.473. The van der Waals surface area contributed by atoms with Crippen molar-refractivity contribution in [1.82, 2.24) is 0 Å². The van der Waals surface area contributed by atoms with E-state index in [2.05, 4.69) is 48.6 Å². The van der Waals surface area contributed by atoms with E-state index < -0.39 is 0 Å². The minimum atomic E-state index is 0.0237. The molecule has 0 N–H and O–H groups in total. The predicted octanol–water partition coefficient (Wildman–Crippen LogP) is 4.50. The molecule has 0 saturated heterocycles. The van der Waals surface area contributed by atoms with Crippen LogP contribution in [0.25, 0.3) is 0 Å². The molecule has 0 fully saturated rings. The van der Waals surface area contributed by atoms with Gasteiger partial charge in [0.05, 0.1) is 0 Å². The molecule has 0 heterocycles. The topological polar surface area (TPSA) is 0 Å². The van der Waals surface area contributed by atoms with Crippen LogP contribution in [-0.2, 0) is 18.3 Å². The molecule has 22 heavy (non-hydrogen) atoms. The van der Waals surface area contributed by atoms with Gasteiger partial charge in [-0.05, 0) is 0 Å². The number of benzene rings is 2. The van der Waals surface area contributed by atoms with E-state index in [0.29, 0.717) is 0 Å². The Bertz CT molecular complexity index is 749. The predicted molar refractivity (Wildman–Crippen MR) is 96.8 cm³/mol. The number of allylic oxidation sites excluding steroid dienone is 2. The van der Waals surface area contributed by atoms with E-state index >= 15 is 0 Å². The van der Waals surface area contributed by atoms with Gasteiger partial charge in [-0.3, -0.25) is 0 Å². The van der Waals surface area contributed by atoms with Gasteiger partial charge in [0.15, 0.2) is 0 Å². The van der Waals surface area contributed by atoms with Crippen molar-refractivity contribution in [1.29, 1.82) is 0 Å². The van der Waals surface area contributed by atoms with Gasteiger partial charge in [-0.1, -0.05) is 0 Å². The van der Waals surface area contributed by atoms with E-state index in [4.69, 9.17) is 11.6 Å². The van der Waals surface area contributed by atoms with Crippen molar-refractivity contribution in [3.63, 3.8) is 0 Å². The molecule has 0 aromatic heterocycles. The zero-order valence-electron chi connectivity index (χ0n) is 12.6. The van der Waals surface area contributed by atoms with Crippen LogP contribution in [-0.4, -0.2) is 16.9 Å². The molecule has 0 saturated carbocycles. The van der Waals surface area contributed by atoms with E-state index in [9.17, 15) is 0 Å². The molecule has 2 aliphatic rings. The Balaban J connectivity index is 2.02. The fourth-order valence-corrected chi connectivity index (χ4v) is 4.84. The minimum absolute atomic E-state index is 0.0237. The van der Waals surface area contributed by atoms with Crippen molar-refractivity contribution in [2.24, 2.45) is 0 Å². The van der Waals surface area contributed by atoms with Gasteiger partial charge in [0.1, 0.15) is 0 Å². The van der Waals surface area contributed by atoms with Crippen molar-refractivity contribution in [2.75, 3.05) is 0 Å². The summed E-state index contributed by atoms with van der Waals surface area (Å²) in [5, 5.41) is 0.855. The second-order valence-corrected chi connectivity index (χ2v) is 8.72. The summed E-state index contributed by atoms with van der Waals surface area (Å²) >= 11 is 8.20. The molecular weight excluding hydrogens is 351 g/mol. The average molecular weight is 371 g/mol. The first-order chi connectivity index (χ1) is 10.7. The third kappa shape index (κ3) is 2.28. The Morgan fingerprint density at radius 3 is 2.55 bits per heavy atom. The van der Waals surface area contributed by atoms with Crippen LogP contribution in [0.2, 0.25) is 9.73 Å². The third-order valence-electron chi connectivity index (χ3n) is 5.21. The summed E-state index contributed by atoms with van der Waals surface area (Å²) in [4.78, 5) is 0. The van der Waals surface area contributed by atoms with Crippen LogP contribution < -0.4 is 0 Å². The van der Waals surface area contributed by atoms with E-state index in [1.807, 2.05) is 22.9 Å². The van der Waals surface area contributed by atoms with Crippen LogP contribution in [0.5, 0.6) is 0 Å². The van der Waals surface area contributed by atoms with Gasteiger partial charge in [0.2, 0.25) is 0 Å². The Morgan fingerprint density at radius 1 is 1.00 bits per heavy atom. The van der Waals surface area contributed by atoms with Crippen LogP contribution in [0.3, 0.4) is 0 Å². The van der Waals surface area contributed by atoms with Gasteiger partial charge in [-0.15, -0.1) is 0 Å². The number of aryl methyl sites for hydroxylation is 2. The molecule has 2 heteroatoms. The summed E-state index contributed by atoms with van der Waals surface area (Å²) in [6, 6.07) is 15.5. The van der Waals surface area contributed by atoms with Crippen molar-refractivity contribution in [2.45, 2.75) is 35.8 Å². The molecular formula is C20H20AsCl. The van der Waals surface area contributed by atoms with Crippen molar-refractivity contribution < 1.29 is 0 Å². The van der Waals surface area contributed by atoms with Crippen LogP contribution in [0.15, 0.2) is 54.6 Å². The molecule has 3 unspecified atom stereocenters. The molecule has 0 amide bonds. The fraction of sp³-hybridized carbons (Fsp3) is 0.300. The van der Waals surface area contributed by atoms with Crippen molar-refractivity contribution >= 4 is 28.5 Å². The molecule has 2 aromatic rings. The molecule has 1 spiro atoms. The maximum atomic E-state index is 6.37. The molecule has 0 aliphatic heterocycles. The third-order valence-corrected chi connectivity index (χ3v) is 6.61. The Hall–Kier alpha value is -0.972. The molecule has 0 radical (unpaired) electrons. The van der Waals surface area contributed by atoms with Gasteiger partial charge < -0.3 is 0 Å². The van der Waals surface area contributed by atoms with E-state index in [1.54, 1.807) is 0 Å². The zero-order chi connectivity index (χ0) is 15.2. The standard InChI is InChI=1S/C20H20AsCl/c21-16-9-11-20(12-10-16)18-4-2-1-3-14(18)5-6-15-7-8-17(22)13-19(15)20/h1-4,7-9,11,13,16H,5-6,10,12,21H2. The Kier molecular flexibility index (Phi) is 3.71. The second kappa shape index (κ2) is 5.59. The summed E-state index contributed by atoms with van der Waals surface area (Å²) < 4.78 is 0.733. The number of fused-ring (bicyclic) bond motifs is 4. The normalized spacial score (nSPS) is 26.4. The van der Waals surface area contributed by atoms with Gasteiger partial charge >= 0.3 is 146 Å². The molecule has 2 aliphatic carbocycles. The van der Waals surface area contributed by atoms with Gasteiger partial charge in [-0.25, -0.2) is 0 Å². The van der Waals surface area contributed by atoms with Gasteiger partial charge in [0, 0.05) is 0 Å². The summed E-state index contributed by atoms with van der Waals surface area (Å²) in [5.74, 6) is 0. The Morgan fingerprint density at radius 2 is 1.77 bits per heavy atom. The molecule has 2 aromatic carbocycles. The molecule has 0 nitrogen and oxygen atoms in total. The first kappa shape index (κ1) is 14.6. The molecule has 0 bridgehead atoms. The summed E-state index contributed by atoms with van der Waals surface area (Å²) in [6.07, 6.45) is 9.59. The van der Waals surface area contributed by atoms with Crippen LogP contribution >= 0.6 is 11.6 Å². The van der Waals surface area contributed by atoms with Gasteiger partial charge in [0.25, 0.3) is 0 Å². The maximum absolute atomic E-state index is 6.37. The second-order valence-electron chi connectivity index (χ2n) is 6.49.